The number of carbonyl (C=O) groups is 1. The van der Waals surface area contributed by atoms with Crippen molar-refractivity contribution in [1.29, 1.82) is 0 Å². The van der Waals surface area contributed by atoms with Crippen LogP contribution in [-0.2, 0) is 6.42 Å². The van der Waals surface area contributed by atoms with Gasteiger partial charge in [0.25, 0.3) is 5.91 Å². The molecule has 1 amide bonds. The monoisotopic (exact) mass is 384 g/mol. The van der Waals surface area contributed by atoms with Gasteiger partial charge in [-0.05, 0) is 63.3 Å². The Morgan fingerprint density at radius 3 is 2.75 bits per heavy atom. The lowest BCUT2D eigenvalue weighted by atomic mass is 9.96. The number of likely N-dealkylation sites (tertiary alicyclic amines) is 1. The first-order valence-electron chi connectivity index (χ1n) is 9.95. The Morgan fingerprint density at radius 2 is 2.04 bits per heavy atom. The SMILES string of the molecule is Cc1ncc(C(=O)N(C)C[C@H]2CCCN(CCc3ccc(F)cc3)C2)c(C)n1. The number of halogens is 1. The van der Waals surface area contributed by atoms with E-state index in [9.17, 15) is 9.18 Å². The fraction of sp³-hybridized carbons (Fsp3) is 0.500. The standard InChI is InChI=1S/C22H29FN4O/c1-16-21(13-24-17(2)25-16)22(28)26(3)14-19-5-4-11-27(15-19)12-10-18-6-8-20(23)9-7-18/h6-9,13,19H,4-5,10-12,14-15H2,1-3H3/t19-/m1/s1. The van der Waals surface area contributed by atoms with Crippen molar-refractivity contribution in [2.75, 3.05) is 33.2 Å². The maximum absolute atomic E-state index is 13.0. The fourth-order valence-corrected chi connectivity index (χ4v) is 3.91. The van der Waals surface area contributed by atoms with Crippen LogP contribution in [0, 0.1) is 25.6 Å². The highest BCUT2D eigenvalue weighted by molar-refractivity contribution is 5.94. The molecule has 2 heterocycles. The summed E-state index contributed by atoms with van der Waals surface area (Å²) in [5.41, 5.74) is 2.47. The van der Waals surface area contributed by atoms with Crippen molar-refractivity contribution in [2.45, 2.75) is 33.1 Å². The average molecular weight is 384 g/mol. The highest BCUT2D eigenvalue weighted by atomic mass is 19.1. The molecular weight excluding hydrogens is 355 g/mol. The van der Waals surface area contributed by atoms with Crippen LogP contribution in [0.1, 0.15) is 40.3 Å². The third-order valence-electron chi connectivity index (χ3n) is 5.44. The molecule has 1 saturated heterocycles. The van der Waals surface area contributed by atoms with Gasteiger partial charge in [-0.15, -0.1) is 0 Å². The molecule has 0 radical (unpaired) electrons. The van der Waals surface area contributed by atoms with Crippen LogP contribution >= 0.6 is 0 Å². The summed E-state index contributed by atoms with van der Waals surface area (Å²) in [6.07, 6.45) is 4.82. The number of piperidine rings is 1. The van der Waals surface area contributed by atoms with Crippen LogP contribution in [0.25, 0.3) is 0 Å². The van der Waals surface area contributed by atoms with E-state index in [1.54, 1.807) is 11.1 Å². The van der Waals surface area contributed by atoms with Gasteiger partial charge in [0, 0.05) is 32.9 Å². The number of amides is 1. The number of carbonyl (C=O) groups excluding carboxylic acids is 1. The molecule has 0 aliphatic carbocycles. The molecule has 6 heteroatoms. The minimum Gasteiger partial charge on any atom is -0.341 e. The Balaban J connectivity index is 1.52. The molecule has 2 aromatic rings. The number of nitrogens with zero attached hydrogens (tertiary/aromatic N) is 4. The second-order valence-corrected chi connectivity index (χ2v) is 7.79. The number of aryl methyl sites for hydroxylation is 2. The van der Waals surface area contributed by atoms with Gasteiger partial charge in [0.1, 0.15) is 11.6 Å². The van der Waals surface area contributed by atoms with E-state index >= 15 is 0 Å². The second kappa shape index (κ2) is 9.24. The lowest BCUT2D eigenvalue weighted by molar-refractivity contribution is 0.0728. The number of aromatic nitrogens is 2. The van der Waals surface area contributed by atoms with Gasteiger partial charge < -0.3 is 9.80 Å². The summed E-state index contributed by atoms with van der Waals surface area (Å²) in [6, 6.07) is 6.75. The highest BCUT2D eigenvalue weighted by Crippen LogP contribution is 2.19. The molecule has 1 aliphatic heterocycles. The molecule has 1 aliphatic rings. The number of hydrogen-bond donors (Lipinski definition) is 0. The van der Waals surface area contributed by atoms with Gasteiger partial charge in [0.05, 0.1) is 11.3 Å². The summed E-state index contributed by atoms with van der Waals surface area (Å²) in [6.45, 7) is 7.45. The summed E-state index contributed by atoms with van der Waals surface area (Å²) in [4.78, 5) is 25.5. The molecule has 1 aromatic heterocycles. The molecule has 5 nitrogen and oxygen atoms in total. The number of rotatable bonds is 6. The van der Waals surface area contributed by atoms with Crippen molar-refractivity contribution in [3.05, 3.63) is 58.9 Å². The van der Waals surface area contributed by atoms with Crippen molar-refractivity contribution < 1.29 is 9.18 Å². The Kier molecular flexibility index (Phi) is 6.73. The van der Waals surface area contributed by atoms with Crippen LogP contribution in [0.15, 0.2) is 30.5 Å². The lowest BCUT2D eigenvalue weighted by Gasteiger charge is -2.34. The summed E-state index contributed by atoms with van der Waals surface area (Å²) >= 11 is 0. The molecule has 0 N–H and O–H groups in total. The average Bonchev–Trinajstić information content (AvgIpc) is 2.67. The highest BCUT2D eigenvalue weighted by Gasteiger charge is 2.24. The zero-order chi connectivity index (χ0) is 20.1. The maximum Gasteiger partial charge on any atom is 0.257 e. The van der Waals surface area contributed by atoms with Gasteiger partial charge in [-0.2, -0.15) is 0 Å². The van der Waals surface area contributed by atoms with Crippen molar-refractivity contribution in [3.8, 4) is 0 Å². The van der Waals surface area contributed by atoms with Gasteiger partial charge >= 0.3 is 0 Å². The van der Waals surface area contributed by atoms with E-state index in [4.69, 9.17) is 0 Å². The van der Waals surface area contributed by atoms with Crippen LogP contribution in [-0.4, -0.2) is 58.9 Å². The van der Waals surface area contributed by atoms with Crippen LogP contribution in [0.3, 0.4) is 0 Å². The van der Waals surface area contributed by atoms with E-state index in [0.29, 0.717) is 17.3 Å². The Labute approximate surface area is 166 Å². The first-order chi connectivity index (χ1) is 13.4. The van der Waals surface area contributed by atoms with Gasteiger partial charge in [-0.25, -0.2) is 14.4 Å². The topological polar surface area (TPSA) is 49.3 Å². The van der Waals surface area contributed by atoms with E-state index in [2.05, 4.69) is 14.9 Å². The zero-order valence-electron chi connectivity index (χ0n) is 17.0. The van der Waals surface area contributed by atoms with Gasteiger partial charge in [0.15, 0.2) is 0 Å². The van der Waals surface area contributed by atoms with E-state index in [1.165, 1.54) is 12.1 Å². The predicted molar refractivity (Wildman–Crippen MR) is 108 cm³/mol. The van der Waals surface area contributed by atoms with Gasteiger partial charge in [0.2, 0.25) is 0 Å². The Hall–Kier alpha value is -2.34. The molecule has 0 spiro atoms. The predicted octanol–water partition coefficient (Wildman–Crippen LogP) is 3.26. The van der Waals surface area contributed by atoms with Crippen LogP contribution in [0.5, 0.6) is 0 Å². The molecular formula is C22H29FN4O. The Morgan fingerprint density at radius 1 is 1.29 bits per heavy atom. The third-order valence-corrected chi connectivity index (χ3v) is 5.44. The third kappa shape index (κ3) is 5.35. The van der Waals surface area contributed by atoms with Crippen molar-refractivity contribution in [3.63, 3.8) is 0 Å². The smallest absolute Gasteiger partial charge is 0.257 e. The second-order valence-electron chi connectivity index (χ2n) is 7.79. The molecule has 150 valence electrons. The summed E-state index contributed by atoms with van der Waals surface area (Å²) < 4.78 is 13.0. The molecule has 28 heavy (non-hydrogen) atoms. The molecule has 0 saturated carbocycles. The summed E-state index contributed by atoms with van der Waals surface area (Å²) in [5, 5.41) is 0. The molecule has 3 rings (SSSR count). The van der Waals surface area contributed by atoms with E-state index in [1.807, 2.05) is 33.0 Å². The fourth-order valence-electron chi connectivity index (χ4n) is 3.91. The van der Waals surface area contributed by atoms with Crippen molar-refractivity contribution in [2.24, 2.45) is 5.92 Å². The van der Waals surface area contributed by atoms with E-state index in [0.717, 1.165) is 56.7 Å². The molecule has 1 fully saturated rings. The van der Waals surface area contributed by atoms with Gasteiger partial charge in [-0.3, -0.25) is 4.79 Å². The van der Waals surface area contributed by atoms with Crippen molar-refractivity contribution in [1.82, 2.24) is 19.8 Å². The van der Waals surface area contributed by atoms with Crippen LogP contribution in [0.4, 0.5) is 4.39 Å². The minimum atomic E-state index is -0.191. The molecule has 0 bridgehead atoms. The molecule has 1 aromatic carbocycles. The molecule has 0 unspecified atom stereocenters. The minimum absolute atomic E-state index is 0.0130. The number of hydrogen-bond acceptors (Lipinski definition) is 4. The quantitative estimate of drug-likeness (QED) is 0.767. The van der Waals surface area contributed by atoms with Gasteiger partial charge in [-0.1, -0.05) is 12.1 Å². The summed E-state index contributed by atoms with van der Waals surface area (Å²) in [5.74, 6) is 0.938. The maximum atomic E-state index is 13.0. The van der Waals surface area contributed by atoms with E-state index in [-0.39, 0.29) is 11.7 Å². The summed E-state index contributed by atoms with van der Waals surface area (Å²) in [7, 11) is 1.86. The first-order valence-corrected chi connectivity index (χ1v) is 9.95. The first kappa shape index (κ1) is 20.4. The zero-order valence-corrected chi connectivity index (χ0v) is 17.0. The molecule has 1 atom stereocenters. The largest absolute Gasteiger partial charge is 0.341 e. The van der Waals surface area contributed by atoms with Crippen LogP contribution in [0.2, 0.25) is 0 Å². The van der Waals surface area contributed by atoms with Crippen molar-refractivity contribution >= 4 is 5.91 Å². The normalized spacial score (nSPS) is 17.5. The lowest BCUT2D eigenvalue weighted by Crippen LogP contribution is -2.42. The van der Waals surface area contributed by atoms with E-state index < -0.39 is 0 Å². The Bertz CT molecular complexity index is 809. The van der Waals surface area contributed by atoms with Crippen LogP contribution < -0.4 is 0 Å². The number of benzene rings is 1.